The van der Waals surface area contributed by atoms with E-state index in [2.05, 4.69) is 20.5 Å². The fourth-order valence-electron chi connectivity index (χ4n) is 1.67. The molecule has 0 atom stereocenters. The van der Waals surface area contributed by atoms with Gasteiger partial charge in [0.2, 0.25) is 0 Å². The molecule has 0 aliphatic rings. The predicted octanol–water partition coefficient (Wildman–Crippen LogP) is 0.732. The van der Waals surface area contributed by atoms with Crippen LogP contribution < -0.4 is 10.9 Å². The number of hydrogen-bond acceptors (Lipinski definition) is 5. The fourth-order valence-corrected chi connectivity index (χ4v) is 1.67. The first-order valence-corrected chi connectivity index (χ1v) is 5.96. The normalized spacial score (nSPS) is 10.2. The van der Waals surface area contributed by atoms with Crippen LogP contribution in [0.2, 0.25) is 0 Å². The molecule has 2 heterocycles. The second-order valence-corrected chi connectivity index (χ2v) is 4.33. The Hall–Kier alpha value is -3.03. The molecule has 0 unspecified atom stereocenters. The molecule has 0 saturated carbocycles. The summed E-state index contributed by atoms with van der Waals surface area (Å²) in [6.45, 7) is 3.29. The number of hydrogen-bond donors (Lipinski definition) is 3. The predicted molar refractivity (Wildman–Crippen MR) is 73.5 cm³/mol. The molecule has 0 spiro atoms. The van der Waals surface area contributed by atoms with Crippen molar-refractivity contribution < 1.29 is 14.7 Å². The summed E-state index contributed by atoms with van der Waals surface area (Å²) >= 11 is 0. The van der Waals surface area contributed by atoms with Crippen molar-refractivity contribution in [1.29, 1.82) is 0 Å². The second kappa shape index (κ2) is 5.53. The summed E-state index contributed by atoms with van der Waals surface area (Å²) in [5.41, 5.74) is 0.360. The van der Waals surface area contributed by atoms with Crippen molar-refractivity contribution in [3.63, 3.8) is 0 Å². The average molecular weight is 288 g/mol. The smallest absolute Gasteiger partial charge is 0.337 e. The minimum absolute atomic E-state index is 0.00165. The topological polar surface area (TPSA) is 125 Å². The number of nitrogens with one attached hydrogen (secondary N) is 2. The number of carboxylic acids is 1. The van der Waals surface area contributed by atoms with Crippen LogP contribution in [0, 0.1) is 13.8 Å². The van der Waals surface area contributed by atoms with Crippen LogP contribution in [-0.2, 0) is 0 Å². The number of aryl methyl sites for hydroxylation is 1. The first kappa shape index (κ1) is 14.4. The van der Waals surface area contributed by atoms with Crippen LogP contribution in [0.3, 0.4) is 0 Å². The molecule has 2 aromatic rings. The summed E-state index contributed by atoms with van der Waals surface area (Å²) < 4.78 is 0. The summed E-state index contributed by atoms with van der Waals surface area (Å²) in [5, 5.41) is 17.2. The number of nitrogens with zero attached hydrogens (tertiary/aromatic N) is 2. The molecule has 8 nitrogen and oxygen atoms in total. The number of anilines is 1. The second-order valence-electron chi connectivity index (χ2n) is 4.33. The Bertz CT molecular complexity index is 765. The first-order chi connectivity index (χ1) is 9.90. The molecule has 0 radical (unpaired) electrons. The molecule has 3 N–H and O–H groups in total. The molecule has 108 valence electrons. The lowest BCUT2D eigenvalue weighted by atomic mass is 10.1. The van der Waals surface area contributed by atoms with Crippen molar-refractivity contribution in [2.75, 3.05) is 5.32 Å². The van der Waals surface area contributed by atoms with E-state index in [9.17, 15) is 14.4 Å². The van der Waals surface area contributed by atoms with E-state index in [0.29, 0.717) is 11.3 Å². The molecule has 2 aromatic heterocycles. The van der Waals surface area contributed by atoms with Gasteiger partial charge in [0.25, 0.3) is 11.5 Å². The van der Waals surface area contributed by atoms with E-state index < -0.39 is 17.4 Å². The highest BCUT2D eigenvalue weighted by Crippen LogP contribution is 2.09. The van der Waals surface area contributed by atoms with E-state index >= 15 is 0 Å². The number of aromatic nitrogens is 3. The number of rotatable bonds is 3. The number of carbonyl (C=O) groups is 2. The van der Waals surface area contributed by atoms with Gasteiger partial charge < -0.3 is 10.4 Å². The zero-order chi connectivity index (χ0) is 15.6. The minimum atomic E-state index is -1.11. The number of carboxylic acid groups (broad SMARTS) is 1. The van der Waals surface area contributed by atoms with Gasteiger partial charge in [-0.15, -0.1) is 0 Å². The Balaban J connectivity index is 2.28. The average Bonchev–Trinajstić information content (AvgIpc) is 2.44. The lowest BCUT2D eigenvalue weighted by molar-refractivity contribution is 0.0696. The highest BCUT2D eigenvalue weighted by molar-refractivity contribution is 6.04. The SMILES string of the molecule is Cc1n[nH]c(=O)c(C(=O)Nc2ccc(C(=O)O)cn2)c1C. The van der Waals surface area contributed by atoms with Crippen molar-refractivity contribution in [3.8, 4) is 0 Å². The molecule has 0 saturated heterocycles. The van der Waals surface area contributed by atoms with Crippen molar-refractivity contribution >= 4 is 17.7 Å². The zero-order valence-electron chi connectivity index (χ0n) is 11.3. The third-order valence-corrected chi connectivity index (χ3v) is 2.95. The summed E-state index contributed by atoms with van der Waals surface area (Å²) in [4.78, 5) is 38.3. The van der Waals surface area contributed by atoms with E-state index in [1.807, 2.05) is 0 Å². The van der Waals surface area contributed by atoms with E-state index in [0.717, 1.165) is 6.20 Å². The third-order valence-electron chi connectivity index (χ3n) is 2.95. The molecular formula is C13H12N4O4. The van der Waals surface area contributed by atoms with Crippen molar-refractivity contribution in [2.45, 2.75) is 13.8 Å². The van der Waals surface area contributed by atoms with Gasteiger partial charge >= 0.3 is 5.97 Å². The van der Waals surface area contributed by atoms with Crippen molar-refractivity contribution in [2.24, 2.45) is 0 Å². The van der Waals surface area contributed by atoms with Gasteiger partial charge in [-0.25, -0.2) is 14.9 Å². The number of carbonyl (C=O) groups excluding carboxylic acids is 1. The molecule has 0 fully saturated rings. The van der Waals surface area contributed by atoms with Gasteiger partial charge in [-0.05, 0) is 31.5 Å². The maximum Gasteiger partial charge on any atom is 0.337 e. The Kier molecular flexibility index (Phi) is 3.79. The Morgan fingerprint density at radius 2 is 2.00 bits per heavy atom. The third kappa shape index (κ3) is 2.94. The summed E-state index contributed by atoms with van der Waals surface area (Å²) in [7, 11) is 0. The van der Waals surface area contributed by atoms with E-state index in [1.165, 1.54) is 12.1 Å². The number of H-pyrrole nitrogens is 1. The van der Waals surface area contributed by atoms with Crippen molar-refractivity contribution in [3.05, 3.63) is 51.1 Å². The number of aromatic amines is 1. The van der Waals surface area contributed by atoms with Crippen LogP contribution in [0.25, 0.3) is 0 Å². The van der Waals surface area contributed by atoms with Gasteiger partial charge in [-0.1, -0.05) is 0 Å². The Labute approximate surface area is 118 Å². The van der Waals surface area contributed by atoms with Crippen molar-refractivity contribution in [1.82, 2.24) is 15.2 Å². The molecule has 0 bridgehead atoms. The molecule has 0 aliphatic heterocycles. The summed E-state index contributed by atoms with van der Waals surface area (Å²) in [6.07, 6.45) is 1.12. The van der Waals surface area contributed by atoms with Gasteiger partial charge in [0.1, 0.15) is 11.4 Å². The first-order valence-electron chi connectivity index (χ1n) is 5.96. The maximum absolute atomic E-state index is 12.1. The van der Waals surface area contributed by atoms with Crippen LogP contribution in [0.4, 0.5) is 5.82 Å². The van der Waals surface area contributed by atoms with Crippen LogP contribution in [0.5, 0.6) is 0 Å². The van der Waals surface area contributed by atoms with Crippen LogP contribution in [0.15, 0.2) is 23.1 Å². The monoisotopic (exact) mass is 288 g/mol. The molecular weight excluding hydrogens is 276 g/mol. The Morgan fingerprint density at radius 1 is 1.29 bits per heavy atom. The van der Waals surface area contributed by atoms with Gasteiger partial charge in [0, 0.05) is 6.20 Å². The minimum Gasteiger partial charge on any atom is -0.478 e. The van der Waals surface area contributed by atoms with Gasteiger partial charge in [-0.2, -0.15) is 5.10 Å². The number of aromatic carboxylic acids is 1. The van der Waals surface area contributed by atoms with E-state index in [4.69, 9.17) is 5.11 Å². The number of amides is 1. The van der Waals surface area contributed by atoms with Gasteiger partial charge in [-0.3, -0.25) is 9.59 Å². The van der Waals surface area contributed by atoms with E-state index in [1.54, 1.807) is 13.8 Å². The highest BCUT2D eigenvalue weighted by Gasteiger charge is 2.16. The zero-order valence-corrected chi connectivity index (χ0v) is 11.3. The molecule has 1 amide bonds. The molecule has 0 aromatic carbocycles. The van der Waals surface area contributed by atoms with Crippen LogP contribution in [0.1, 0.15) is 32.0 Å². The quantitative estimate of drug-likeness (QED) is 0.764. The fraction of sp³-hybridized carbons (Fsp3) is 0.154. The highest BCUT2D eigenvalue weighted by atomic mass is 16.4. The summed E-state index contributed by atoms with van der Waals surface area (Å²) in [5.74, 6) is -1.59. The van der Waals surface area contributed by atoms with E-state index in [-0.39, 0.29) is 16.9 Å². The van der Waals surface area contributed by atoms with Crippen LogP contribution in [-0.4, -0.2) is 32.2 Å². The molecule has 8 heteroatoms. The van der Waals surface area contributed by atoms with Gasteiger partial charge in [0.15, 0.2) is 0 Å². The molecule has 2 rings (SSSR count). The van der Waals surface area contributed by atoms with Crippen LogP contribution >= 0.6 is 0 Å². The molecule has 21 heavy (non-hydrogen) atoms. The lowest BCUT2D eigenvalue weighted by Crippen LogP contribution is -2.26. The van der Waals surface area contributed by atoms with Gasteiger partial charge in [0.05, 0.1) is 11.3 Å². The standard InChI is InChI=1S/C13H12N4O4/c1-6-7(2)16-17-12(19)10(6)11(18)15-9-4-3-8(5-14-9)13(20)21/h3-5H,1-2H3,(H,17,19)(H,20,21)(H,14,15,18). The lowest BCUT2D eigenvalue weighted by Gasteiger charge is -2.07. The largest absolute Gasteiger partial charge is 0.478 e. The Morgan fingerprint density at radius 3 is 2.57 bits per heavy atom. The maximum atomic E-state index is 12.1. The number of pyridine rings is 1. The summed E-state index contributed by atoms with van der Waals surface area (Å²) in [6, 6.07) is 2.65. The molecule has 0 aliphatic carbocycles.